The molecule has 4 nitrogen and oxygen atoms in total. The number of esters is 2. The Hall–Kier alpha value is -2.10. The number of carbonyl (C=O) groups is 2. The highest BCUT2D eigenvalue weighted by Gasteiger charge is 2.16. The van der Waals surface area contributed by atoms with Crippen molar-refractivity contribution in [3.8, 4) is 0 Å². The number of carbonyl (C=O) groups excluding carboxylic acids is 2. The van der Waals surface area contributed by atoms with E-state index in [1.807, 2.05) is 48.5 Å². The van der Waals surface area contributed by atoms with Gasteiger partial charge < -0.3 is 9.47 Å². The van der Waals surface area contributed by atoms with Gasteiger partial charge in [-0.25, -0.2) is 9.59 Å². The summed E-state index contributed by atoms with van der Waals surface area (Å²) in [5, 5.41) is 0. The Balaban J connectivity index is -0.000000308. The van der Waals surface area contributed by atoms with Crippen molar-refractivity contribution in [2.24, 2.45) is 0 Å². The Morgan fingerprint density at radius 2 is 0.920 bits per heavy atom. The summed E-state index contributed by atoms with van der Waals surface area (Å²) >= 11 is 0. The van der Waals surface area contributed by atoms with E-state index in [0.717, 1.165) is 5.57 Å². The van der Waals surface area contributed by atoms with E-state index >= 15 is 0 Å². The highest BCUT2D eigenvalue weighted by molar-refractivity contribution is 5.87. The summed E-state index contributed by atoms with van der Waals surface area (Å²) < 4.78 is 9.92. The van der Waals surface area contributed by atoms with Crippen molar-refractivity contribution in [3.63, 3.8) is 0 Å². The molecule has 0 aliphatic carbocycles. The lowest BCUT2D eigenvalue weighted by molar-refractivity contribution is -0.150. The van der Waals surface area contributed by atoms with E-state index in [2.05, 4.69) is 26.3 Å². The zero-order valence-electron chi connectivity index (χ0n) is 17.5. The van der Waals surface area contributed by atoms with E-state index in [0.29, 0.717) is 11.1 Å². The second-order valence-corrected chi connectivity index (χ2v) is 7.61. The van der Waals surface area contributed by atoms with E-state index in [1.165, 1.54) is 0 Å². The quantitative estimate of drug-likeness (QED) is 0.379. The molecule has 144 valence electrons. The first-order chi connectivity index (χ1) is 10.9. The molecule has 0 saturated heterocycles. The first-order valence-electron chi connectivity index (χ1n) is 7.98. The van der Waals surface area contributed by atoms with Crippen molar-refractivity contribution in [1.82, 2.24) is 0 Å². The molecule has 0 aliphatic heterocycles. The van der Waals surface area contributed by atoms with Crippen LogP contribution < -0.4 is 0 Å². The normalized spacial score (nSPS) is 9.96. The lowest BCUT2D eigenvalue weighted by atomic mass is 10.2. The summed E-state index contributed by atoms with van der Waals surface area (Å²) in [6.07, 6.45) is 1.72. The monoisotopic (exact) mass is 352 g/mol. The van der Waals surface area contributed by atoms with Crippen LogP contribution in [0.2, 0.25) is 0 Å². The van der Waals surface area contributed by atoms with Crippen molar-refractivity contribution in [2.45, 2.75) is 73.5 Å². The Bertz CT molecular complexity index is 459. The van der Waals surface area contributed by atoms with Crippen LogP contribution in [0.1, 0.15) is 62.3 Å². The Kier molecular flexibility index (Phi) is 13.6. The van der Waals surface area contributed by atoms with Gasteiger partial charge in [0.2, 0.25) is 0 Å². The number of hydrogen-bond acceptors (Lipinski definition) is 4. The first kappa shape index (κ1) is 27.7. The molecule has 0 unspecified atom stereocenters. The molecule has 0 amide bonds. The molecule has 0 atom stereocenters. The van der Waals surface area contributed by atoms with Crippen molar-refractivity contribution in [1.29, 1.82) is 0 Å². The molecule has 0 aromatic carbocycles. The van der Waals surface area contributed by atoms with Crippen LogP contribution in [0.3, 0.4) is 0 Å². The second-order valence-electron chi connectivity index (χ2n) is 7.61. The van der Waals surface area contributed by atoms with Gasteiger partial charge in [-0.3, -0.25) is 0 Å². The minimum absolute atomic E-state index is 0.326. The summed E-state index contributed by atoms with van der Waals surface area (Å²) in [5.41, 5.74) is 1.08. The predicted octanol–water partition coefficient (Wildman–Crippen LogP) is 5.56. The molecular formula is C21H36O4. The van der Waals surface area contributed by atoms with Gasteiger partial charge in [-0.2, -0.15) is 0 Å². The smallest absolute Gasteiger partial charge is 0.333 e. The number of allylic oxidation sites excluding steroid dienone is 2. The maximum absolute atomic E-state index is 10.8. The maximum atomic E-state index is 10.8. The van der Waals surface area contributed by atoms with Crippen LogP contribution in [0.5, 0.6) is 0 Å². The summed E-state index contributed by atoms with van der Waals surface area (Å²) in [7, 11) is 0. The van der Waals surface area contributed by atoms with Gasteiger partial charge in [-0.05, 0) is 62.3 Å². The minimum atomic E-state index is -0.407. The van der Waals surface area contributed by atoms with Crippen LogP contribution in [0.15, 0.2) is 49.1 Å². The minimum Gasteiger partial charge on any atom is -0.457 e. The predicted molar refractivity (Wildman–Crippen MR) is 106 cm³/mol. The molecule has 0 N–H and O–H groups in total. The number of rotatable bonds is 3. The van der Waals surface area contributed by atoms with Crippen molar-refractivity contribution in [2.75, 3.05) is 0 Å². The molecule has 0 spiro atoms. The SMILES string of the molecule is C=C(C)C(=O)OC(C)(C)C.C=C(C)C(=O)OC(C)(C)C.C=CC(=C)C. The zero-order chi connectivity index (χ0) is 21.0. The van der Waals surface area contributed by atoms with E-state index in [9.17, 15) is 9.59 Å². The second kappa shape index (κ2) is 12.3. The van der Waals surface area contributed by atoms with Gasteiger partial charge in [-0.15, -0.1) is 0 Å². The fourth-order valence-electron chi connectivity index (χ4n) is 0.730. The zero-order valence-corrected chi connectivity index (χ0v) is 17.5. The molecule has 0 saturated carbocycles. The molecule has 25 heavy (non-hydrogen) atoms. The highest BCUT2D eigenvalue weighted by atomic mass is 16.6. The molecule has 0 aromatic rings. The Morgan fingerprint density at radius 3 is 0.960 bits per heavy atom. The van der Waals surface area contributed by atoms with Gasteiger partial charge >= 0.3 is 11.9 Å². The van der Waals surface area contributed by atoms with Crippen molar-refractivity contribution >= 4 is 11.9 Å². The Morgan fingerprint density at radius 1 is 0.720 bits per heavy atom. The van der Waals surface area contributed by atoms with Crippen LogP contribution in [-0.2, 0) is 19.1 Å². The van der Waals surface area contributed by atoms with E-state index in [-0.39, 0.29) is 11.9 Å². The molecule has 0 aliphatic rings. The van der Waals surface area contributed by atoms with E-state index in [1.54, 1.807) is 19.9 Å². The van der Waals surface area contributed by atoms with Crippen LogP contribution in [0, 0.1) is 0 Å². The summed E-state index contributed by atoms with van der Waals surface area (Å²) in [4.78, 5) is 21.7. The Labute approximate surface area is 154 Å². The van der Waals surface area contributed by atoms with Gasteiger partial charge in [0.1, 0.15) is 11.2 Å². The third-order valence-corrected chi connectivity index (χ3v) is 1.84. The summed E-state index contributed by atoms with van der Waals surface area (Å²) in [5.74, 6) is -0.653. The van der Waals surface area contributed by atoms with Gasteiger partial charge in [0.05, 0.1) is 0 Å². The topological polar surface area (TPSA) is 52.6 Å². The average Bonchev–Trinajstić information content (AvgIpc) is 2.35. The fraction of sp³-hybridized carbons (Fsp3) is 0.524. The van der Waals surface area contributed by atoms with Crippen LogP contribution in [-0.4, -0.2) is 23.1 Å². The van der Waals surface area contributed by atoms with Crippen LogP contribution in [0.4, 0.5) is 0 Å². The molecule has 0 aromatic heterocycles. The third kappa shape index (κ3) is 27.1. The van der Waals surface area contributed by atoms with Crippen LogP contribution >= 0.6 is 0 Å². The van der Waals surface area contributed by atoms with Gasteiger partial charge in [-0.1, -0.05) is 38.0 Å². The maximum Gasteiger partial charge on any atom is 0.333 e. The van der Waals surface area contributed by atoms with Gasteiger partial charge in [0.25, 0.3) is 0 Å². The lowest BCUT2D eigenvalue weighted by Crippen LogP contribution is -2.23. The van der Waals surface area contributed by atoms with Gasteiger partial charge in [0.15, 0.2) is 0 Å². The first-order valence-corrected chi connectivity index (χ1v) is 7.98. The molecule has 0 fully saturated rings. The third-order valence-electron chi connectivity index (χ3n) is 1.84. The van der Waals surface area contributed by atoms with Crippen LogP contribution in [0.25, 0.3) is 0 Å². The molecule has 0 rings (SSSR count). The largest absolute Gasteiger partial charge is 0.457 e. The van der Waals surface area contributed by atoms with Crippen molar-refractivity contribution < 1.29 is 19.1 Å². The molecule has 0 bridgehead atoms. The summed E-state index contributed by atoms with van der Waals surface area (Å²) in [6.45, 7) is 30.1. The fourth-order valence-corrected chi connectivity index (χ4v) is 0.730. The number of ether oxygens (including phenoxy) is 2. The van der Waals surface area contributed by atoms with Gasteiger partial charge in [0, 0.05) is 11.1 Å². The van der Waals surface area contributed by atoms with E-state index in [4.69, 9.17) is 9.47 Å². The molecule has 4 heteroatoms. The highest BCUT2D eigenvalue weighted by Crippen LogP contribution is 2.09. The molecule has 0 radical (unpaired) electrons. The van der Waals surface area contributed by atoms with E-state index < -0.39 is 11.2 Å². The molecular weight excluding hydrogens is 316 g/mol. The van der Waals surface area contributed by atoms with Crippen molar-refractivity contribution in [3.05, 3.63) is 49.1 Å². The average molecular weight is 353 g/mol. The lowest BCUT2D eigenvalue weighted by Gasteiger charge is -2.19. The summed E-state index contributed by atoms with van der Waals surface area (Å²) in [6, 6.07) is 0. The molecule has 0 heterocycles. The standard InChI is InChI=1S/2C8H14O2.C5H8/c2*1-6(2)7(9)10-8(3,4)5;1-4-5(2)3/h2*1H2,2-5H3;4H,1-2H2,3H3. The number of hydrogen-bond donors (Lipinski definition) is 0.